The summed E-state index contributed by atoms with van der Waals surface area (Å²) in [5.41, 5.74) is 2.36. The van der Waals surface area contributed by atoms with Gasteiger partial charge < -0.3 is 15.5 Å². The van der Waals surface area contributed by atoms with Crippen molar-refractivity contribution in [1.82, 2.24) is 5.32 Å². The van der Waals surface area contributed by atoms with E-state index in [1.165, 1.54) is 0 Å². The van der Waals surface area contributed by atoms with Crippen LogP contribution >= 0.6 is 0 Å². The summed E-state index contributed by atoms with van der Waals surface area (Å²) in [6, 6.07) is 5.40. The summed E-state index contributed by atoms with van der Waals surface area (Å²) in [6.45, 7) is 0.641. The first-order valence-electron chi connectivity index (χ1n) is 6.30. The number of nitrogens with one attached hydrogen (secondary N) is 1. The van der Waals surface area contributed by atoms with E-state index in [1.54, 1.807) is 19.2 Å². The smallest absolute Gasteiger partial charge is 0.163 e. The van der Waals surface area contributed by atoms with Crippen LogP contribution in [0.2, 0.25) is 0 Å². The minimum absolute atomic E-state index is 0.128. The van der Waals surface area contributed by atoms with Crippen molar-refractivity contribution < 1.29 is 15.0 Å². The third-order valence-corrected chi connectivity index (χ3v) is 3.45. The lowest BCUT2D eigenvalue weighted by atomic mass is 9.98. The minimum atomic E-state index is -0.933. The number of aryl methyl sites for hydroxylation is 1. The van der Waals surface area contributed by atoms with E-state index >= 15 is 0 Å². The predicted octanol–water partition coefficient (Wildman–Crippen LogP) is 0.819. The molecule has 0 bridgehead atoms. The molecule has 0 spiro atoms. The van der Waals surface area contributed by atoms with Crippen LogP contribution in [0, 0.1) is 0 Å². The second-order valence-corrected chi connectivity index (χ2v) is 4.74. The number of Topliss-reactive ketones (excluding diaryl/α,β-unsaturated/α-hetero) is 1. The monoisotopic (exact) mass is 249 g/mol. The summed E-state index contributed by atoms with van der Waals surface area (Å²) in [6.07, 6.45) is 0.0660. The second-order valence-electron chi connectivity index (χ2n) is 4.74. The molecule has 0 amide bonds. The van der Waals surface area contributed by atoms with Crippen LogP contribution in [0.5, 0.6) is 0 Å². The van der Waals surface area contributed by atoms with Crippen molar-refractivity contribution in [2.24, 2.45) is 0 Å². The third kappa shape index (κ3) is 2.61. The largest absolute Gasteiger partial charge is 0.390 e. The van der Waals surface area contributed by atoms with Crippen molar-refractivity contribution in [3.63, 3.8) is 0 Å². The van der Waals surface area contributed by atoms with Gasteiger partial charge in [-0.1, -0.05) is 12.1 Å². The Morgan fingerprint density at radius 2 is 2.11 bits per heavy atom. The molecule has 0 aromatic heterocycles. The number of aliphatic hydroxyl groups excluding tert-OH is 2. The van der Waals surface area contributed by atoms with Crippen molar-refractivity contribution in [1.29, 1.82) is 0 Å². The third-order valence-electron chi connectivity index (χ3n) is 3.45. The maximum atomic E-state index is 11.6. The van der Waals surface area contributed by atoms with Crippen molar-refractivity contribution in [2.75, 3.05) is 13.6 Å². The van der Waals surface area contributed by atoms with Crippen LogP contribution in [0.1, 0.15) is 40.4 Å². The van der Waals surface area contributed by atoms with Crippen molar-refractivity contribution >= 4 is 5.78 Å². The van der Waals surface area contributed by atoms with Gasteiger partial charge in [0.2, 0.25) is 0 Å². The molecule has 1 aliphatic carbocycles. The molecule has 2 unspecified atom stereocenters. The first-order chi connectivity index (χ1) is 8.63. The van der Waals surface area contributed by atoms with Crippen LogP contribution in [0.3, 0.4) is 0 Å². The molecule has 3 N–H and O–H groups in total. The highest BCUT2D eigenvalue weighted by Gasteiger charge is 2.23. The maximum Gasteiger partial charge on any atom is 0.163 e. The molecule has 1 aromatic rings. The average molecular weight is 249 g/mol. The Morgan fingerprint density at radius 1 is 1.33 bits per heavy atom. The van der Waals surface area contributed by atoms with Gasteiger partial charge in [0.15, 0.2) is 5.78 Å². The van der Waals surface area contributed by atoms with Gasteiger partial charge in [0.1, 0.15) is 6.10 Å². The van der Waals surface area contributed by atoms with E-state index in [0.29, 0.717) is 30.5 Å². The second kappa shape index (κ2) is 5.61. The molecule has 2 rings (SSSR count). The van der Waals surface area contributed by atoms with E-state index in [0.717, 1.165) is 12.0 Å². The molecular formula is C14H19NO3. The fourth-order valence-electron chi connectivity index (χ4n) is 2.31. The summed E-state index contributed by atoms with van der Waals surface area (Å²) in [7, 11) is 1.80. The quantitative estimate of drug-likeness (QED) is 0.722. The molecule has 2 atom stereocenters. The molecule has 1 aliphatic rings. The SMILES string of the molecule is CNCCC(O)C(O)c1ccc2c(c1)C(=O)CC2. The molecule has 0 saturated carbocycles. The summed E-state index contributed by atoms with van der Waals surface area (Å²) >= 11 is 0. The van der Waals surface area contributed by atoms with Crippen LogP contribution in [-0.4, -0.2) is 35.7 Å². The van der Waals surface area contributed by atoms with E-state index in [-0.39, 0.29) is 5.78 Å². The number of carbonyl (C=O) groups excluding carboxylic acids is 1. The van der Waals surface area contributed by atoms with E-state index in [9.17, 15) is 15.0 Å². The highest BCUT2D eigenvalue weighted by molar-refractivity contribution is 6.00. The Hall–Kier alpha value is -1.23. The fraction of sp³-hybridized carbons (Fsp3) is 0.500. The molecule has 4 heteroatoms. The van der Waals surface area contributed by atoms with Crippen molar-refractivity contribution in [3.05, 3.63) is 34.9 Å². The van der Waals surface area contributed by atoms with Gasteiger partial charge in [-0.05, 0) is 43.6 Å². The van der Waals surface area contributed by atoms with Crippen molar-refractivity contribution in [2.45, 2.75) is 31.5 Å². The molecule has 18 heavy (non-hydrogen) atoms. The van der Waals surface area contributed by atoms with Crippen LogP contribution in [0.25, 0.3) is 0 Å². The Morgan fingerprint density at radius 3 is 2.83 bits per heavy atom. The number of hydrogen-bond donors (Lipinski definition) is 3. The van der Waals surface area contributed by atoms with Crippen LogP contribution in [-0.2, 0) is 6.42 Å². The highest BCUT2D eigenvalue weighted by Crippen LogP contribution is 2.27. The first kappa shape index (κ1) is 13.2. The number of fused-ring (bicyclic) bond motifs is 1. The molecule has 4 nitrogen and oxygen atoms in total. The highest BCUT2D eigenvalue weighted by atomic mass is 16.3. The van der Waals surface area contributed by atoms with Gasteiger partial charge >= 0.3 is 0 Å². The maximum absolute atomic E-state index is 11.6. The van der Waals surface area contributed by atoms with Gasteiger partial charge in [-0.15, -0.1) is 0 Å². The summed E-state index contributed by atoms with van der Waals surface area (Å²) in [5.74, 6) is 0.128. The van der Waals surface area contributed by atoms with Gasteiger partial charge in [0.05, 0.1) is 6.10 Å². The fourth-order valence-corrected chi connectivity index (χ4v) is 2.31. The molecule has 0 radical (unpaired) electrons. The number of hydrogen-bond acceptors (Lipinski definition) is 4. The lowest BCUT2D eigenvalue weighted by Crippen LogP contribution is -2.23. The van der Waals surface area contributed by atoms with Gasteiger partial charge in [0, 0.05) is 12.0 Å². The Bertz CT molecular complexity index is 445. The molecule has 1 aromatic carbocycles. The topological polar surface area (TPSA) is 69.6 Å². The predicted molar refractivity (Wildman–Crippen MR) is 68.6 cm³/mol. The number of benzene rings is 1. The molecule has 0 saturated heterocycles. The minimum Gasteiger partial charge on any atom is -0.390 e. The summed E-state index contributed by atoms with van der Waals surface area (Å²) in [5, 5.41) is 22.8. The average Bonchev–Trinajstić information content (AvgIpc) is 2.76. The van der Waals surface area contributed by atoms with Crippen LogP contribution < -0.4 is 5.32 Å². The standard InChI is InChI=1S/C14H19NO3/c1-15-7-6-13(17)14(18)10-3-2-9-4-5-12(16)11(9)8-10/h2-3,8,13-15,17-18H,4-7H2,1H3. The van der Waals surface area contributed by atoms with Crippen LogP contribution in [0.4, 0.5) is 0 Å². The molecule has 98 valence electrons. The molecule has 0 fully saturated rings. The van der Waals surface area contributed by atoms with Gasteiger partial charge in [-0.2, -0.15) is 0 Å². The van der Waals surface area contributed by atoms with Gasteiger partial charge in [-0.3, -0.25) is 4.79 Å². The molecule has 0 aliphatic heterocycles. The van der Waals surface area contributed by atoms with E-state index in [4.69, 9.17) is 0 Å². The zero-order chi connectivity index (χ0) is 13.1. The lowest BCUT2D eigenvalue weighted by molar-refractivity contribution is 0.0140. The van der Waals surface area contributed by atoms with Gasteiger partial charge in [0.25, 0.3) is 0 Å². The molecule has 0 heterocycles. The normalized spacial score (nSPS) is 17.6. The Kier molecular flexibility index (Phi) is 4.11. The Balaban J connectivity index is 2.14. The van der Waals surface area contributed by atoms with Crippen molar-refractivity contribution in [3.8, 4) is 0 Å². The van der Waals surface area contributed by atoms with E-state index in [2.05, 4.69) is 5.32 Å². The number of ketones is 1. The molecular weight excluding hydrogens is 230 g/mol. The summed E-state index contributed by atoms with van der Waals surface area (Å²) < 4.78 is 0. The first-order valence-corrected chi connectivity index (χ1v) is 6.30. The van der Waals surface area contributed by atoms with Gasteiger partial charge in [-0.25, -0.2) is 0 Å². The number of carbonyl (C=O) groups is 1. The van der Waals surface area contributed by atoms with E-state index in [1.807, 2.05) is 6.07 Å². The lowest BCUT2D eigenvalue weighted by Gasteiger charge is -2.18. The van der Waals surface area contributed by atoms with E-state index < -0.39 is 12.2 Å². The number of rotatable bonds is 5. The Labute approximate surface area is 107 Å². The zero-order valence-electron chi connectivity index (χ0n) is 10.5. The number of aliphatic hydroxyl groups is 2. The summed E-state index contributed by atoms with van der Waals surface area (Å²) in [4.78, 5) is 11.6. The van der Waals surface area contributed by atoms with Crippen LogP contribution in [0.15, 0.2) is 18.2 Å². The zero-order valence-corrected chi connectivity index (χ0v) is 10.5.